The molecule has 59 heavy (non-hydrogen) atoms. The van der Waals surface area contributed by atoms with Crippen LogP contribution >= 0.6 is 0 Å². The number of ether oxygens (including phenoxy) is 3. The van der Waals surface area contributed by atoms with Gasteiger partial charge in [0.2, 0.25) is 5.91 Å². The van der Waals surface area contributed by atoms with Crippen LogP contribution in [0, 0.1) is 0 Å². The number of aryl methyl sites for hydroxylation is 1. The number of pyridine rings is 1. The van der Waals surface area contributed by atoms with Gasteiger partial charge in [-0.15, -0.1) is 0 Å². The van der Waals surface area contributed by atoms with E-state index in [-0.39, 0.29) is 37.0 Å². The molecule has 1 saturated heterocycles. The van der Waals surface area contributed by atoms with Gasteiger partial charge >= 0.3 is 12.1 Å². The van der Waals surface area contributed by atoms with Crippen LogP contribution in [0.4, 0.5) is 18.9 Å². The molecule has 1 unspecified atom stereocenters. The fourth-order valence-corrected chi connectivity index (χ4v) is 7.32. The molecule has 1 atom stereocenters. The molecule has 4 aromatic rings. The van der Waals surface area contributed by atoms with Crippen LogP contribution in [0.2, 0.25) is 0 Å². The third kappa shape index (κ3) is 10.9. The summed E-state index contributed by atoms with van der Waals surface area (Å²) in [6.45, 7) is 11.0. The Balaban J connectivity index is 0.924. The average molecular weight is 822 g/mol. The maximum Gasteiger partial charge on any atom is 0.433 e. The molecule has 316 valence electrons. The lowest BCUT2D eigenvalue weighted by Crippen LogP contribution is -2.45. The topological polar surface area (TPSA) is 171 Å². The summed E-state index contributed by atoms with van der Waals surface area (Å²) in [5.74, 6) is -1.63. The number of nitrogens with one attached hydrogen (secondary N) is 1. The Morgan fingerprint density at radius 2 is 1.78 bits per heavy atom. The predicted molar refractivity (Wildman–Crippen MR) is 212 cm³/mol. The average Bonchev–Trinajstić information content (AvgIpc) is 3.74. The first kappa shape index (κ1) is 43.0. The summed E-state index contributed by atoms with van der Waals surface area (Å²) in [5, 5.41) is 8.38. The second-order valence-electron chi connectivity index (χ2n) is 15.7. The summed E-state index contributed by atoms with van der Waals surface area (Å²) < 4.78 is 58.5. The number of primary amides is 1. The molecular weight excluding hydrogens is 771 g/mol. The van der Waals surface area contributed by atoms with E-state index >= 15 is 0 Å². The summed E-state index contributed by atoms with van der Waals surface area (Å²) in [6.07, 6.45) is -0.359. The molecule has 2 aliphatic rings. The Morgan fingerprint density at radius 3 is 2.47 bits per heavy atom. The number of piperidine rings is 1. The van der Waals surface area contributed by atoms with Gasteiger partial charge in [0.1, 0.15) is 35.4 Å². The number of hydrogen-bond acceptors (Lipinski definition) is 10. The van der Waals surface area contributed by atoms with Crippen LogP contribution in [-0.2, 0) is 38.2 Å². The van der Waals surface area contributed by atoms with Crippen molar-refractivity contribution in [1.29, 1.82) is 0 Å². The summed E-state index contributed by atoms with van der Waals surface area (Å²) in [4.78, 5) is 57.8. The number of carbonyl (C=O) groups excluding carboxylic acids is 4. The predicted octanol–water partition coefficient (Wildman–Crippen LogP) is 5.93. The number of likely N-dealkylation sites (tertiary alicyclic amines) is 1. The smallest absolute Gasteiger partial charge is 0.433 e. The minimum atomic E-state index is -4.66. The lowest BCUT2D eigenvalue weighted by molar-refractivity contribution is -0.155. The van der Waals surface area contributed by atoms with E-state index in [1.807, 2.05) is 23.9 Å². The summed E-state index contributed by atoms with van der Waals surface area (Å²) in [6, 6.07) is 11.3. The number of rotatable bonds is 16. The van der Waals surface area contributed by atoms with Crippen molar-refractivity contribution in [3.8, 4) is 5.75 Å². The minimum absolute atomic E-state index is 0.0489. The molecule has 0 radical (unpaired) electrons. The van der Waals surface area contributed by atoms with Gasteiger partial charge in [0.05, 0.1) is 24.8 Å². The number of halogens is 3. The molecule has 0 bridgehead atoms. The second-order valence-corrected chi connectivity index (χ2v) is 15.7. The first-order valence-corrected chi connectivity index (χ1v) is 19.7. The van der Waals surface area contributed by atoms with Crippen LogP contribution in [0.25, 0.3) is 10.9 Å². The first-order chi connectivity index (χ1) is 28.0. The van der Waals surface area contributed by atoms with Crippen LogP contribution in [0.5, 0.6) is 5.75 Å². The van der Waals surface area contributed by atoms with E-state index in [1.165, 1.54) is 11.0 Å². The molecule has 2 aromatic carbocycles. The van der Waals surface area contributed by atoms with Crippen LogP contribution in [-0.4, -0.2) is 99.4 Å². The summed E-state index contributed by atoms with van der Waals surface area (Å²) >= 11 is 0. The molecule has 0 spiro atoms. The Kier molecular flexibility index (Phi) is 13.2. The normalized spacial score (nSPS) is 15.6. The Bertz CT molecular complexity index is 2180. The maximum absolute atomic E-state index is 13.2. The molecule has 3 N–H and O–H groups in total. The highest BCUT2D eigenvalue weighted by Gasteiger charge is 2.36. The van der Waals surface area contributed by atoms with Gasteiger partial charge in [-0.3, -0.25) is 23.9 Å². The Hall–Kier alpha value is -5.55. The maximum atomic E-state index is 13.2. The third-order valence-electron chi connectivity index (χ3n) is 10.3. The number of anilines is 1. The lowest BCUT2D eigenvalue weighted by atomic mass is 10.1. The SMILES string of the molecule is CCc1cc2nn(C3CCN(CCOCCOc4ccc5c(c4)CN(C(CCC(=O)OC(C)(C)C)C(N)=O)C5=O)CC3)cc2cc1NC(=O)c1cccc(C(F)(F)F)n1. The van der Waals surface area contributed by atoms with E-state index in [1.54, 1.807) is 45.0 Å². The molecule has 17 heteroatoms. The van der Waals surface area contributed by atoms with Crippen LogP contribution in [0.1, 0.15) is 97.1 Å². The van der Waals surface area contributed by atoms with E-state index in [0.717, 1.165) is 61.1 Å². The quantitative estimate of drug-likeness (QED) is 0.102. The van der Waals surface area contributed by atoms with Gasteiger partial charge in [0, 0.05) is 55.4 Å². The molecule has 0 aliphatic carbocycles. The number of alkyl halides is 3. The van der Waals surface area contributed by atoms with Crippen molar-refractivity contribution in [2.75, 3.05) is 44.8 Å². The number of aromatic nitrogens is 3. The van der Waals surface area contributed by atoms with E-state index in [2.05, 4.69) is 15.2 Å². The lowest BCUT2D eigenvalue weighted by Gasteiger charge is -2.31. The van der Waals surface area contributed by atoms with Gasteiger partial charge in [-0.05, 0) is 100 Å². The van der Waals surface area contributed by atoms with Crippen molar-refractivity contribution in [3.63, 3.8) is 0 Å². The number of benzene rings is 2. The number of hydrogen-bond donors (Lipinski definition) is 2. The van der Waals surface area contributed by atoms with Crippen molar-refractivity contribution >= 4 is 40.3 Å². The minimum Gasteiger partial charge on any atom is -0.491 e. The number of nitrogens with two attached hydrogens (primary N) is 1. The Morgan fingerprint density at radius 1 is 1.02 bits per heavy atom. The zero-order valence-electron chi connectivity index (χ0n) is 33.6. The fraction of sp³-hybridized carbons (Fsp3) is 0.476. The first-order valence-electron chi connectivity index (χ1n) is 19.7. The highest BCUT2D eigenvalue weighted by Crippen LogP contribution is 2.32. The van der Waals surface area contributed by atoms with E-state index in [4.69, 9.17) is 25.0 Å². The highest BCUT2D eigenvalue weighted by atomic mass is 19.4. The third-order valence-corrected chi connectivity index (χ3v) is 10.3. The fourth-order valence-electron chi connectivity index (χ4n) is 7.32. The molecule has 2 aromatic heterocycles. The van der Waals surface area contributed by atoms with Crippen molar-refractivity contribution < 1.29 is 46.6 Å². The Labute approximate surface area is 340 Å². The van der Waals surface area contributed by atoms with Gasteiger partial charge in [-0.25, -0.2) is 4.98 Å². The number of amides is 3. The molecule has 14 nitrogen and oxygen atoms in total. The van der Waals surface area contributed by atoms with Crippen LogP contribution in [0.15, 0.2) is 54.7 Å². The molecule has 0 saturated carbocycles. The van der Waals surface area contributed by atoms with E-state index < -0.39 is 41.3 Å². The van der Waals surface area contributed by atoms with Crippen molar-refractivity contribution in [3.05, 3.63) is 82.8 Å². The summed E-state index contributed by atoms with van der Waals surface area (Å²) in [7, 11) is 0. The standard InChI is InChI=1S/C42H50F3N7O7/c1-5-26-22-34-28(23-33(26)48-39(55)32-7-6-8-36(47-32)42(43,44)45)25-52(49-34)29-13-15-50(16-14-29)17-18-57-19-20-58-30-9-10-31-27(21-30)24-51(40(31)56)35(38(46)54)11-12-37(53)59-41(2,3)4/h6-10,21-23,25,29,35H,5,11-20,24H2,1-4H3,(H2,46,54)(H,48,55). The largest absolute Gasteiger partial charge is 0.491 e. The molecule has 1 fully saturated rings. The van der Waals surface area contributed by atoms with Gasteiger partial charge in [-0.1, -0.05) is 13.0 Å². The van der Waals surface area contributed by atoms with E-state index in [9.17, 15) is 32.3 Å². The van der Waals surface area contributed by atoms with Crippen molar-refractivity contribution in [2.24, 2.45) is 5.73 Å². The molecule has 4 heterocycles. The van der Waals surface area contributed by atoms with Gasteiger partial charge in [0.25, 0.3) is 11.8 Å². The molecular formula is C42H50F3N7O7. The zero-order chi connectivity index (χ0) is 42.5. The molecule has 6 rings (SSSR count). The monoisotopic (exact) mass is 821 g/mol. The number of esters is 1. The van der Waals surface area contributed by atoms with Gasteiger partial charge < -0.3 is 35.1 Å². The van der Waals surface area contributed by atoms with Crippen molar-refractivity contribution in [1.82, 2.24) is 24.6 Å². The van der Waals surface area contributed by atoms with Crippen molar-refractivity contribution in [2.45, 2.75) is 90.2 Å². The van der Waals surface area contributed by atoms with Crippen LogP contribution < -0.4 is 15.8 Å². The highest BCUT2D eigenvalue weighted by molar-refractivity contribution is 6.04. The molecule has 3 amide bonds. The van der Waals surface area contributed by atoms with Crippen LogP contribution in [0.3, 0.4) is 0 Å². The summed E-state index contributed by atoms with van der Waals surface area (Å²) in [5.41, 5.74) is 6.78. The number of nitrogens with zero attached hydrogens (tertiary/aromatic N) is 5. The van der Waals surface area contributed by atoms with Gasteiger partial charge in [0.15, 0.2) is 0 Å². The number of fused-ring (bicyclic) bond motifs is 2. The second kappa shape index (κ2) is 18.2. The number of carbonyl (C=O) groups is 4. The van der Waals surface area contributed by atoms with Gasteiger partial charge in [-0.2, -0.15) is 18.3 Å². The zero-order valence-corrected chi connectivity index (χ0v) is 33.6. The molecule has 2 aliphatic heterocycles. The van der Waals surface area contributed by atoms with E-state index in [0.29, 0.717) is 48.8 Å².